The molecule has 0 radical (unpaired) electrons. The molecule has 98 valence electrons. The highest BCUT2D eigenvalue weighted by Crippen LogP contribution is 2.41. The summed E-state index contributed by atoms with van der Waals surface area (Å²) >= 11 is 0. The second kappa shape index (κ2) is 4.16. The SMILES string of the molecule is CC1(C)CC(O)c2ccc(OCC3CC3)cc2O1. The molecule has 1 heterocycles. The molecule has 1 saturated carbocycles. The summed E-state index contributed by atoms with van der Waals surface area (Å²) in [6.45, 7) is 4.79. The number of hydrogen-bond acceptors (Lipinski definition) is 3. The van der Waals surface area contributed by atoms with E-state index in [1.165, 1.54) is 12.8 Å². The van der Waals surface area contributed by atoms with Crippen LogP contribution in [0.1, 0.15) is 44.8 Å². The van der Waals surface area contributed by atoms with E-state index in [0.29, 0.717) is 6.42 Å². The Labute approximate surface area is 108 Å². The van der Waals surface area contributed by atoms with E-state index in [0.717, 1.165) is 29.6 Å². The molecule has 3 rings (SSSR count). The molecule has 1 aliphatic heterocycles. The lowest BCUT2D eigenvalue weighted by Gasteiger charge is -2.35. The van der Waals surface area contributed by atoms with Gasteiger partial charge in [-0.15, -0.1) is 0 Å². The molecule has 2 aliphatic rings. The van der Waals surface area contributed by atoms with Crippen LogP contribution in [0.2, 0.25) is 0 Å². The lowest BCUT2D eigenvalue weighted by molar-refractivity contribution is 0.0113. The molecule has 1 aromatic carbocycles. The largest absolute Gasteiger partial charge is 0.493 e. The summed E-state index contributed by atoms with van der Waals surface area (Å²) in [6.07, 6.45) is 2.75. The summed E-state index contributed by atoms with van der Waals surface area (Å²) < 4.78 is 11.7. The first-order valence-electron chi connectivity index (χ1n) is 6.67. The van der Waals surface area contributed by atoms with Gasteiger partial charge in [-0.05, 0) is 44.7 Å². The van der Waals surface area contributed by atoms with Crippen LogP contribution in [-0.4, -0.2) is 17.3 Å². The third kappa shape index (κ3) is 2.46. The summed E-state index contributed by atoms with van der Waals surface area (Å²) in [5, 5.41) is 10.1. The van der Waals surface area contributed by atoms with E-state index in [1.54, 1.807) is 0 Å². The van der Waals surface area contributed by atoms with Crippen LogP contribution in [0.5, 0.6) is 11.5 Å². The zero-order chi connectivity index (χ0) is 12.8. The van der Waals surface area contributed by atoms with Crippen molar-refractivity contribution in [3.8, 4) is 11.5 Å². The number of fused-ring (bicyclic) bond motifs is 1. The maximum atomic E-state index is 10.1. The molecule has 1 unspecified atom stereocenters. The Bertz CT molecular complexity index is 449. The average molecular weight is 248 g/mol. The Morgan fingerprint density at radius 2 is 2.17 bits per heavy atom. The van der Waals surface area contributed by atoms with Crippen molar-refractivity contribution >= 4 is 0 Å². The van der Waals surface area contributed by atoms with E-state index in [2.05, 4.69) is 0 Å². The van der Waals surface area contributed by atoms with E-state index < -0.39 is 6.10 Å². The van der Waals surface area contributed by atoms with Crippen LogP contribution in [0.25, 0.3) is 0 Å². The lowest BCUT2D eigenvalue weighted by atomic mass is 9.92. The number of hydrogen-bond donors (Lipinski definition) is 1. The van der Waals surface area contributed by atoms with Crippen molar-refractivity contribution in [1.29, 1.82) is 0 Å². The summed E-state index contributed by atoms with van der Waals surface area (Å²) in [5.41, 5.74) is 0.551. The van der Waals surface area contributed by atoms with Gasteiger partial charge in [0.2, 0.25) is 0 Å². The summed E-state index contributed by atoms with van der Waals surface area (Å²) in [5.74, 6) is 2.33. The van der Waals surface area contributed by atoms with Crippen molar-refractivity contribution in [3.63, 3.8) is 0 Å². The first-order valence-corrected chi connectivity index (χ1v) is 6.67. The predicted molar refractivity (Wildman–Crippen MR) is 68.9 cm³/mol. The lowest BCUT2D eigenvalue weighted by Crippen LogP contribution is -2.34. The Morgan fingerprint density at radius 1 is 1.39 bits per heavy atom. The molecule has 1 aromatic rings. The highest BCUT2D eigenvalue weighted by Gasteiger charge is 2.33. The van der Waals surface area contributed by atoms with Gasteiger partial charge in [0.1, 0.15) is 17.1 Å². The first-order chi connectivity index (χ1) is 8.53. The molecule has 1 fully saturated rings. The van der Waals surface area contributed by atoms with Gasteiger partial charge in [0.25, 0.3) is 0 Å². The molecule has 3 nitrogen and oxygen atoms in total. The quantitative estimate of drug-likeness (QED) is 0.893. The number of benzene rings is 1. The molecule has 0 amide bonds. The molecule has 1 atom stereocenters. The van der Waals surface area contributed by atoms with Gasteiger partial charge in [-0.3, -0.25) is 0 Å². The fourth-order valence-corrected chi connectivity index (χ4v) is 2.38. The fraction of sp³-hybridized carbons (Fsp3) is 0.600. The van der Waals surface area contributed by atoms with Crippen molar-refractivity contribution < 1.29 is 14.6 Å². The summed E-state index contributed by atoms with van der Waals surface area (Å²) in [4.78, 5) is 0. The molecular formula is C15H20O3. The third-order valence-corrected chi connectivity index (χ3v) is 3.60. The molecule has 0 aromatic heterocycles. The van der Waals surface area contributed by atoms with Crippen LogP contribution < -0.4 is 9.47 Å². The van der Waals surface area contributed by atoms with Crippen LogP contribution in [0, 0.1) is 5.92 Å². The van der Waals surface area contributed by atoms with Crippen LogP contribution in [0.15, 0.2) is 18.2 Å². The van der Waals surface area contributed by atoms with Crippen molar-refractivity contribution in [3.05, 3.63) is 23.8 Å². The monoisotopic (exact) mass is 248 g/mol. The van der Waals surface area contributed by atoms with E-state index in [9.17, 15) is 5.11 Å². The van der Waals surface area contributed by atoms with E-state index >= 15 is 0 Å². The molecule has 1 N–H and O–H groups in total. The molecule has 18 heavy (non-hydrogen) atoms. The first kappa shape index (κ1) is 11.8. The van der Waals surface area contributed by atoms with Crippen molar-refractivity contribution in [1.82, 2.24) is 0 Å². The van der Waals surface area contributed by atoms with Gasteiger partial charge in [-0.25, -0.2) is 0 Å². The van der Waals surface area contributed by atoms with Gasteiger partial charge in [0, 0.05) is 18.1 Å². The van der Waals surface area contributed by atoms with E-state index in [4.69, 9.17) is 9.47 Å². The minimum atomic E-state index is -0.443. The number of rotatable bonds is 3. The molecule has 0 spiro atoms. The zero-order valence-corrected chi connectivity index (χ0v) is 11.0. The predicted octanol–water partition coefficient (Wildman–Crippen LogP) is 3.07. The highest BCUT2D eigenvalue weighted by molar-refractivity contribution is 5.43. The average Bonchev–Trinajstić information content (AvgIpc) is 3.07. The highest BCUT2D eigenvalue weighted by atomic mass is 16.5. The number of aliphatic hydroxyl groups is 1. The Balaban J connectivity index is 1.79. The minimum Gasteiger partial charge on any atom is -0.493 e. The van der Waals surface area contributed by atoms with E-state index in [1.807, 2.05) is 32.0 Å². The Kier molecular flexibility index (Phi) is 2.74. The summed E-state index contributed by atoms with van der Waals surface area (Å²) in [7, 11) is 0. The zero-order valence-electron chi connectivity index (χ0n) is 11.0. The molecule has 1 aliphatic carbocycles. The minimum absolute atomic E-state index is 0.318. The van der Waals surface area contributed by atoms with Gasteiger partial charge in [0.15, 0.2) is 0 Å². The third-order valence-electron chi connectivity index (χ3n) is 3.60. The van der Waals surface area contributed by atoms with Crippen molar-refractivity contribution in [2.75, 3.05) is 6.61 Å². The van der Waals surface area contributed by atoms with Crippen molar-refractivity contribution in [2.24, 2.45) is 5.92 Å². The van der Waals surface area contributed by atoms with Gasteiger partial charge >= 0.3 is 0 Å². The van der Waals surface area contributed by atoms with Gasteiger partial charge in [-0.2, -0.15) is 0 Å². The maximum Gasteiger partial charge on any atom is 0.129 e. The van der Waals surface area contributed by atoms with Crippen LogP contribution in [-0.2, 0) is 0 Å². The van der Waals surface area contributed by atoms with Crippen LogP contribution in [0.3, 0.4) is 0 Å². The molecule has 0 saturated heterocycles. The fourth-order valence-electron chi connectivity index (χ4n) is 2.38. The maximum absolute atomic E-state index is 10.1. The standard InChI is InChI=1S/C15H20O3/c1-15(2)8-13(16)12-6-5-11(7-14(12)18-15)17-9-10-3-4-10/h5-7,10,13,16H,3-4,8-9H2,1-2H3. The topological polar surface area (TPSA) is 38.7 Å². The molecule has 3 heteroatoms. The van der Waals surface area contributed by atoms with E-state index in [-0.39, 0.29) is 5.60 Å². The van der Waals surface area contributed by atoms with Crippen LogP contribution in [0.4, 0.5) is 0 Å². The molecular weight excluding hydrogens is 228 g/mol. The number of ether oxygens (including phenoxy) is 2. The second-order valence-corrected chi connectivity index (χ2v) is 6.04. The molecule has 0 bridgehead atoms. The second-order valence-electron chi connectivity index (χ2n) is 6.04. The van der Waals surface area contributed by atoms with Crippen LogP contribution >= 0.6 is 0 Å². The Hall–Kier alpha value is -1.22. The van der Waals surface area contributed by atoms with Crippen molar-refractivity contribution in [2.45, 2.75) is 44.8 Å². The normalized spacial score (nSPS) is 25.2. The van der Waals surface area contributed by atoms with Gasteiger partial charge in [-0.1, -0.05) is 0 Å². The number of aliphatic hydroxyl groups excluding tert-OH is 1. The van der Waals surface area contributed by atoms with Gasteiger partial charge in [0.05, 0.1) is 12.7 Å². The summed E-state index contributed by atoms with van der Waals surface area (Å²) in [6, 6.07) is 5.74. The van der Waals surface area contributed by atoms with Gasteiger partial charge < -0.3 is 14.6 Å². The Morgan fingerprint density at radius 3 is 2.89 bits per heavy atom. The smallest absolute Gasteiger partial charge is 0.129 e.